The number of esters is 1. The minimum atomic E-state index is -0.614. The van der Waals surface area contributed by atoms with E-state index in [0.717, 1.165) is 11.4 Å². The van der Waals surface area contributed by atoms with Gasteiger partial charge in [0.25, 0.3) is 0 Å². The van der Waals surface area contributed by atoms with Gasteiger partial charge in [0.15, 0.2) is 11.9 Å². The van der Waals surface area contributed by atoms with Gasteiger partial charge in [-0.1, -0.05) is 0 Å². The molecular weight excluding hydrogens is 196 g/mol. The number of nitrogens with zero attached hydrogens (tertiary/aromatic N) is 2. The molecule has 1 atom stereocenters. The lowest BCUT2D eigenvalue weighted by molar-refractivity contribution is -0.147. The van der Waals surface area contributed by atoms with Crippen LogP contribution in [-0.4, -0.2) is 29.0 Å². The van der Waals surface area contributed by atoms with Gasteiger partial charge in [-0.15, -0.1) is 0 Å². The van der Waals surface area contributed by atoms with Crippen LogP contribution < -0.4 is 4.74 Å². The number of carbonyl (C=O) groups is 1. The average Bonchev–Trinajstić information content (AvgIpc) is 2.43. The summed E-state index contributed by atoms with van der Waals surface area (Å²) in [6, 6.07) is 0. The Morgan fingerprint density at radius 3 is 2.47 bits per heavy atom. The highest BCUT2D eigenvalue weighted by molar-refractivity contribution is 5.74. The highest BCUT2D eigenvalue weighted by Gasteiger charge is 2.19. The van der Waals surface area contributed by atoms with Gasteiger partial charge in [0.1, 0.15) is 5.69 Å². The zero-order valence-corrected chi connectivity index (χ0v) is 9.70. The van der Waals surface area contributed by atoms with E-state index < -0.39 is 12.1 Å². The first-order valence-electron chi connectivity index (χ1n) is 4.72. The van der Waals surface area contributed by atoms with Crippen molar-refractivity contribution in [1.82, 2.24) is 9.78 Å². The molecular formula is C10H16N2O3. The smallest absolute Gasteiger partial charge is 0.346 e. The molecule has 0 spiro atoms. The molecule has 0 aliphatic heterocycles. The summed E-state index contributed by atoms with van der Waals surface area (Å²) in [6.45, 7) is 5.38. The van der Waals surface area contributed by atoms with Gasteiger partial charge >= 0.3 is 5.97 Å². The zero-order valence-electron chi connectivity index (χ0n) is 9.70. The second kappa shape index (κ2) is 4.33. The third-order valence-electron chi connectivity index (χ3n) is 2.27. The van der Waals surface area contributed by atoms with E-state index in [4.69, 9.17) is 4.74 Å². The van der Waals surface area contributed by atoms with Crippen LogP contribution in [0.4, 0.5) is 0 Å². The molecule has 84 valence electrons. The minimum absolute atomic E-state index is 0.391. The van der Waals surface area contributed by atoms with E-state index in [1.807, 2.05) is 20.9 Å². The van der Waals surface area contributed by atoms with E-state index in [0.29, 0.717) is 5.75 Å². The van der Waals surface area contributed by atoms with Crippen molar-refractivity contribution in [2.75, 3.05) is 7.11 Å². The Balaban J connectivity index is 2.85. The maximum Gasteiger partial charge on any atom is 0.346 e. The maximum absolute atomic E-state index is 11.2. The fourth-order valence-corrected chi connectivity index (χ4v) is 1.32. The molecule has 1 aromatic heterocycles. The van der Waals surface area contributed by atoms with Gasteiger partial charge in [-0.2, -0.15) is 5.10 Å². The first kappa shape index (κ1) is 11.6. The molecule has 0 fully saturated rings. The van der Waals surface area contributed by atoms with Crippen molar-refractivity contribution < 1.29 is 14.3 Å². The zero-order chi connectivity index (χ0) is 11.6. The minimum Gasteiger partial charge on any atom is -0.475 e. The first-order chi connectivity index (χ1) is 6.97. The third-order valence-corrected chi connectivity index (χ3v) is 2.27. The first-order valence-corrected chi connectivity index (χ1v) is 4.72. The largest absolute Gasteiger partial charge is 0.475 e. The summed E-state index contributed by atoms with van der Waals surface area (Å²) in [4.78, 5) is 11.2. The lowest BCUT2D eigenvalue weighted by Gasteiger charge is -2.12. The summed E-state index contributed by atoms with van der Waals surface area (Å²) >= 11 is 0. The maximum atomic E-state index is 11.2. The van der Waals surface area contributed by atoms with E-state index in [1.165, 1.54) is 7.11 Å². The van der Waals surface area contributed by atoms with Crippen molar-refractivity contribution >= 4 is 5.97 Å². The molecule has 0 unspecified atom stereocenters. The Kier molecular flexibility index (Phi) is 3.34. The number of aromatic nitrogens is 2. The van der Waals surface area contributed by atoms with Crippen LogP contribution in [0.15, 0.2) is 0 Å². The van der Waals surface area contributed by atoms with Crippen molar-refractivity contribution in [1.29, 1.82) is 0 Å². The van der Waals surface area contributed by atoms with Crippen LogP contribution in [0, 0.1) is 13.8 Å². The second-order valence-corrected chi connectivity index (χ2v) is 3.41. The second-order valence-electron chi connectivity index (χ2n) is 3.41. The number of hydrogen-bond donors (Lipinski definition) is 0. The Morgan fingerprint density at radius 1 is 1.47 bits per heavy atom. The van der Waals surface area contributed by atoms with Gasteiger partial charge in [-0.3, -0.25) is 4.68 Å². The molecule has 5 nitrogen and oxygen atoms in total. The number of ether oxygens (including phenoxy) is 2. The van der Waals surface area contributed by atoms with Crippen LogP contribution >= 0.6 is 0 Å². The average molecular weight is 212 g/mol. The molecule has 0 aromatic carbocycles. The van der Waals surface area contributed by atoms with Gasteiger partial charge in [0, 0.05) is 7.05 Å². The molecule has 0 saturated heterocycles. The monoisotopic (exact) mass is 212 g/mol. The van der Waals surface area contributed by atoms with Crippen LogP contribution in [0.5, 0.6) is 5.75 Å². The van der Waals surface area contributed by atoms with Crippen molar-refractivity contribution in [2.45, 2.75) is 26.9 Å². The van der Waals surface area contributed by atoms with Gasteiger partial charge in [-0.25, -0.2) is 4.79 Å². The number of carbonyl (C=O) groups excluding carboxylic acids is 1. The quantitative estimate of drug-likeness (QED) is 0.701. The SMILES string of the molecule is COC(=O)[C@H](C)Oc1c(C)nn(C)c1C. The summed E-state index contributed by atoms with van der Waals surface area (Å²) in [5, 5.41) is 4.19. The van der Waals surface area contributed by atoms with Crippen LogP contribution in [0.1, 0.15) is 18.3 Å². The van der Waals surface area contributed by atoms with E-state index in [9.17, 15) is 4.79 Å². The van der Waals surface area contributed by atoms with Crippen LogP contribution in [0.3, 0.4) is 0 Å². The number of rotatable bonds is 3. The number of aryl methyl sites for hydroxylation is 2. The van der Waals surface area contributed by atoms with Crippen molar-refractivity contribution in [3.63, 3.8) is 0 Å². The summed E-state index contributed by atoms with van der Waals surface area (Å²) in [5.74, 6) is 0.257. The van der Waals surface area contributed by atoms with Gasteiger partial charge < -0.3 is 9.47 Å². The molecule has 0 bridgehead atoms. The molecule has 5 heteroatoms. The van der Waals surface area contributed by atoms with E-state index in [-0.39, 0.29) is 0 Å². The predicted octanol–water partition coefficient (Wildman–Crippen LogP) is 0.977. The fourth-order valence-electron chi connectivity index (χ4n) is 1.32. The summed E-state index contributed by atoms with van der Waals surface area (Å²) in [7, 11) is 3.17. The normalized spacial score (nSPS) is 12.3. The fraction of sp³-hybridized carbons (Fsp3) is 0.600. The molecule has 0 N–H and O–H groups in total. The summed E-state index contributed by atoms with van der Waals surface area (Å²) in [5.41, 5.74) is 1.66. The van der Waals surface area contributed by atoms with Gasteiger partial charge in [-0.05, 0) is 20.8 Å². The highest BCUT2D eigenvalue weighted by atomic mass is 16.6. The number of hydrogen-bond acceptors (Lipinski definition) is 4. The lowest BCUT2D eigenvalue weighted by atomic mass is 10.3. The molecule has 15 heavy (non-hydrogen) atoms. The van der Waals surface area contributed by atoms with E-state index >= 15 is 0 Å². The van der Waals surface area contributed by atoms with Crippen LogP contribution in [0.2, 0.25) is 0 Å². The van der Waals surface area contributed by atoms with Crippen molar-refractivity contribution in [2.24, 2.45) is 7.05 Å². The predicted molar refractivity (Wildman–Crippen MR) is 54.8 cm³/mol. The molecule has 0 radical (unpaired) electrons. The molecule has 1 aromatic rings. The molecule has 0 amide bonds. The topological polar surface area (TPSA) is 53.4 Å². The van der Waals surface area contributed by atoms with Crippen LogP contribution in [-0.2, 0) is 16.6 Å². The molecule has 1 rings (SSSR count). The lowest BCUT2D eigenvalue weighted by Crippen LogP contribution is -2.25. The Hall–Kier alpha value is -1.52. The van der Waals surface area contributed by atoms with Gasteiger partial charge in [0.2, 0.25) is 0 Å². The van der Waals surface area contributed by atoms with Gasteiger partial charge in [0.05, 0.1) is 12.8 Å². The highest BCUT2D eigenvalue weighted by Crippen LogP contribution is 2.22. The molecule has 0 saturated carbocycles. The van der Waals surface area contributed by atoms with Crippen molar-refractivity contribution in [3.8, 4) is 5.75 Å². The Bertz CT molecular complexity index is 371. The van der Waals surface area contributed by atoms with E-state index in [1.54, 1.807) is 11.6 Å². The van der Waals surface area contributed by atoms with E-state index in [2.05, 4.69) is 9.84 Å². The summed E-state index contributed by atoms with van der Waals surface area (Å²) < 4.78 is 11.8. The Morgan fingerprint density at radius 2 is 2.07 bits per heavy atom. The molecule has 1 heterocycles. The number of methoxy groups -OCH3 is 1. The third kappa shape index (κ3) is 2.29. The molecule has 0 aliphatic rings. The van der Waals surface area contributed by atoms with Crippen molar-refractivity contribution in [3.05, 3.63) is 11.4 Å². The van der Waals surface area contributed by atoms with Crippen LogP contribution in [0.25, 0.3) is 0 Å². The summed E-state index contributed by atoms with van der Waals surface area (Å²) in [6.07, 6.45) is -0.614. The molecule has 0 aliphatic carbocycles. The Labute approximate surface area is 89.0 Å². The standard InChI is InChI=1S/C10H16N2O3/c1-6-9(7(2)12(4)11-6)15-8(3)10(13)14-5/h8H,1-5H3/t8-/m0/s1.